The van der Waals surface area contributed by atoms with E-state index in [0.717, 1.165) is 0 Å². The topological polar surface area (TPSA) is 63.2 Å². The molecule has 172 valence electrons. The average Bonchev–Trinajstić information content (AvgIpc) is 2.35. The molecule has 0 aromatic carbocycles. The van der Waals surface area contributed by atoms with E-state index in [9.17, 15) is 4.79 Å². The minimum Gasteiger partial charge on any atom is -0.462 e. The van der Waals surface area contributed by atoms with Gasteiger partial charge in [-0.25, -0.2) is 4.79 Å². The van der Waals surface area contributed by atoms with E-state index < -0.39 is 42.3 Å². The van der Waals surface area contributed by atoms with Crippen molar-refractivity contribution in [2.75, 3.05) is 6.61 Å². The molecule has 0 saturated heterocycles. The first-order valence-corrected chi connectivity index (χ1v) is 25.3. The highest BCUT2D eigenvalue weighted by Gasteiger charge is 2.46. The van der Waals surface area contributed by atoms with Crippen molar-refractivity contribution in [1.29, 1.82) is 0 Å². The van der Waals surface area contributed by atoms with E-state index in [-0.39, 0.29) is 5.97 Å². The molecule has 0 aliphatic rings. The fourth-order valence-electron chi connectivity index (χ4n) is 3.36. The molecule has 0 heterocycles. The molecule has 0 aromatic heterocycles. The summed E-state index contributed by atoms with van der Waals surface area (Å²) in [5, 5.41) is 0. The van der Waals surface area contributed by atoms with Crippen LogP contribution < -0.4 is 0 Å². The van der Waals surface area contributed by atoms with E-state index in [4.69, 9.17) is 21.2 Å². The van der Waals surface area contributed by atoms with E-state index in [1.807, 2.05) is 0 Å². The van der Waals surface area contributed by atoms with Crippen LogP contribution in [-0.2, 0) is 26.0 Å². The van der Waals surface area contributed by atoms with E-state index >= 15 is 0 Å². The average molecular weight is 497 g/mol. The Labute approximate surface area is 184 Å². The van der Waals surface area contributed by atoms with Crippen molar-refractivity contribution in [3.8, 4) is 0 Å². The van der Waals surface area contributed by atoms with E-state index in [2.05, 4.69) is 78.6 Å². The zero-order valence-corrected chi connectivity index (χ0v) is 25.8. The molecule has 0 unspecified atom stereocenters. The third-order valence-electron chi connectivity index (χ3n) is 3.38. The minimum atomic E-state index is -2.61. The number of ether oxygens (including phenoxy) is 1. The summed E-state index contributed by atoms with van der Waals surface area (Å²) in [7, 11) is -10.9. The molecule has 0 fully saturated rings. The zero-order valence-electron chi connectivity index (χ0n) is 20.8. The van der Waals surface area contributed by atoms with E-state index in [1.54, 1.807) is 6.92 Å². The first-order valence-electron chi connectivity index (χ1n) is 10.3. The van der Waals surface area contributed by atoms with Crippen LogP contribution in [0.4, 0.5) is 0 Å². The maximum atomic E-state index is 11.6. The van der Waals surface area contributed by atoms with Crippen LogP contribution in [0, 0.1) is 0 Å². The fraction of sp³-hybridized carbons (Fsp3) is 0.833. The molecule has 0 saturated carbocycles. The fourth-order valence-corrected chi connectivity index (χ4v) is 26.7. The number of hydrogen-bond donors (Lipinski definition) is 0. The van der Waals surface area contributed by atoms with Crippen molar-refractivity contribution in [3.05, 3.63) is 12.2 Å². The third-order valence-corrected chi connectivity index (χ3v) is 20.9. The Morgan fingerprint density at radius 2 is 1.10 bits per heavy atom. The van der Waals surface area contributed by atoms with Gasteiger partial charge in [-0.15, -0.1) is 0 Å². The highest BCUT2D eigenvalue weighted by atomic mass is 28.5. The van der Waals surface area contributed by atoms with Crippen LogP contribution in [0.2, 0.25) is 78.1 Å². The molecule has 0 bridgehead atoms. The van der Waals surface area contributed by atoms with Crippen molar-refractivity contribution in [2.45, 2.75) is 91.4 Å². The molecule has 0 aliphatic carbocycles. The van der Waals surface area contributed by atoms with Crippen LogP contribution >= 0.6 is 0 Å². The van der Waals surface area contributed by atoms with Crippen molar-refractivity contribution in [1.82, 2.24) is 0 Å². The normalized spacial score (nSPS) is 14.1. The lowest BCUT2D eigenvalue weighted by atomic mass is 10.4. The first kappa shape index (κ1) is 29.1. The molecule has 0 aromatic rings. The summed E-state index contributed by atoms with van der Waals surface area (Å²) in [6, 6.07) is 0.716. The van der Waals surface area contributed by atoms with Crippen LogP contribution in [-0.4, -0.2) is 54.9 Å². The van der Waals surface area contributed by atoms with Gasteiger partial charge in [0.25, 0.3) is 0 Å². The molecular weight excluding hydrogens is 453 g/mol. The van der Waals surface area contributed by atoms with Gasteiger partial charge in [0.1, 0.15) is 0 Å². The van der Waals surface area contributed by atoms with Gasteiger partial charge in [0.2, 0.25) is 0 Å². The highest BCUT2D eigenvalue weighted by Crippen LogP contribution is 2.29. The molecule has 6 nitrogen and oxygen atoms in total. The number of carbonyl (C=O) groups excluding carboxylic acids is 1. The zero-order chi connectivity index (χ0) is 23.3. The Hall–Kier alpha value is 0.134. The highest BCUT2D eigenvalue weighted by molar-refractivity contribution is 6.90. The summed E-state index contributed by atoms with van der Waals surface area (Å²) in [4.78, 5) is 11.6. The van der Waals surface area contributed by atoms with Gasteiger partial charge in [-0.1, -0.05) is 6.58 Å². The van der Waals surface area contributed by atoms with Gasteiger partial charge in [-0.05, 0) is 91.4 Å². The Morgan fingerprint density at radius 1 is 0.724 bits per heavy atom. The van der Waals surface area contributed by atoms with Crippen molar-refractivity contribution < 1.29 is 26.0 Å². The standard InChI is InChI=1S/C18H44O6Si5/c1-17(2)18(19)20-15-14-16-29(13,23-27(9,10)21-25(3,4)5)24-28(11,12)22-26(6,7)8/h1,14-16H2,2-13H3. The minimum absolute atomic E-state index is 0.328. The maximum Gasteiger partial charge on any atom is 0.333 e. The van der Waals surface area contributed by atoms with Crippen LogP contribution in [0.1, 0.15) is 13.3 Å². The number of hydrogen-bond acceptors (Lipinski definition) is 6. The summed E-state index contributed by atoms with van der Waals surface area (Å²) < 4.78 is 31.5. The van der Waals surface area contributed by atoms with Gasteiger partial charge in [0, 0.05) is 5.57 Å². The SMILES string of the molecule is C=C(C)C(=O)OCCC[Si](C)(O[Si](C)(C)O[Si](C)(C)C)O[Si](C)(C)O[Si](C)(C)C. The van der Waals surface area contributed by atoms with Crippen molar-refractivity contribution >= 4 is 48.3 Å². The maximum absolute atomic E-state index is 11.6. The summed E-state index contributed by atoms with van der Waals surface area (Å²) in [5.74, 6) is -0.358. The lowest BCUT2D eigenvalue weighted by molar-refractivity contribution is -0.138. The Balaban J connectivity index is 5.35. The molecule has 0 radical (unpaired) electrons. The molecular formula is C18H44O6Si5. The summed E-state index contributed by atoms with van der Waals surface area (Å²) in [5.41, 5.74) is 0.409. The second-order valence-corrected chi connectivity index (χ2v) is 30.7. The van der Waals surface area contributed by atoms with Crippen molar-refractivity contribution in [2.24, 2.45) is 0 Å². The van der Waals surface area contributed by atoms with Gasteiger partial charge in [-0.3, -0.25) is 0 Å². The molecule has 0 amide bonds. The van der Waals surface area contributed by atoms with Gasteiger partial charge >= 0.3 is 31.7 Å². The Kier molecular flexibility index (Phi) is 10.7. The van der Waals surface area contributed by atoms with Crippen LogP contribution in [0.25, 0.3) is 0 Å². The summed E-state index contributed by atoms with van der Waals surface area (Å²) in [6.07, 6.45) is 0.677. The quantitative estimate of drug-likeness (QED) is 0.141. The second-order valence-electron chi connectivity index (χ2n) is 10.6. The van der Waals surface area contributed by atoms with Crippen molar-refractivity contribution in [3.63, 3.8) is 0 Å². The van der Waals surface area contributed by atoms with Gasteiger partial charge in [-0.2, -0.15) is 0 Å². The molecule has 29 heavy (non-hydrogen) atoms. The number of carbonyl (C=O) groups is 1. The van der Waals surface area contributed by atoms with E-state index in [0.29, 0.717) is 24.6 Å². The Bertz CT molecular complexity index is 536. The van der Waals surface area contributed by atoms with Crippen LogP contribution in [0.5, 0.6) is 0 Å². The lowest BCUT2D eigenvalue weighted by Gasteiger charge is -2.43. The summed E-state index contributed by atoms with van der Waals surface area (Å²) >= 11 is 0. The smallest absolute Gasteiger partial charge is 0.333 e. The van der Waals surface area contributed by atoms with E-state index in [1.165, 1.54) is 0 Å². The third kappa shape index (κ3) is 14.7. The lowest BCUT2D eigenvalue weighted by Crippen LogP contribution is -2.59. The van der Waals surface area contributed by atoms with Gasteiger partial charge in [0.05, 0.1) is 6.61 Å². The molecule has 0 aliphatic heterocycles. The van der Waals surface area contributed by atoms with Gasteiger partial charge < -0.3 is 21.2 Å². The summed E-state index contributed by atoms with van der Waals surface area (Å²) in [6.45, 7) is 29.1. The molecule has 0 N–H and O–H groups in total. The van der Waals surface area contributed by atoms with Crippen LogP contribution in [0.3, 0.4) is 0 Å². The first-order chi connectivity index (χ1) is 12.7. The molecule has 0 spiro atoms. The Morgan fingerprint density at radius 3 is 1.41 bits per heavy atom. The predicted octanol–water partition coefficient (Wildman–Crippen LogP) is 5.71. The van der Waals surface area contributed by atoms with Gasteiger partial charge in [0.15, 0.2) is 16.6 Å². The predicted molar refractivity (Wildman–Crippen MR) is 133 cm³/mol. The largest absolute Gasteiger partial charge is 0.462 e. The monoisotopic (exact) mass is 496 g/mol. The second kappa shape index (κ2) is 10.6. The molecule has 11 heteroatoms. The molecule has 0 atom stereocenters. The number of esters is 1. The number of rotatable bonds is 13. The van der Waals surface area contributed by atoms with Crippen LogP contribution in [0.15, 0.2) is 12.2 Å². The molecule has 0 rings (SSSR count).